The fraction of sp³-hybridized carbons (Fsp3) is 0.133. The van der Waals surface area contributed by atoms with E-state index in [1.807, 2.05) is 91.0 Å². The Labute approximate surface area is 197 Å². The van der Waals surface area contributed by atoms with Crippen molar-refractivity contribution in [3.05, 3.63) is 107 Å². The van der Waals surface area contributed by atoms with Crippen molar-refractivity contribution < 1.29 is 4.42 Å². The molecule has 0 spiro atoms. The van der Waals surface area contributed by atoms with Gasteiger partial charge in [-0.25, -0.2) is 4.98 Å². The highest BCUT2D eigenvalue weighted by Gasteiger charge is 2.30. The maximum Gasteiger partial charge on any atom is 0.201 e. The minimum absolute atomic E-state index is 0.0560. The van der Waals surface area contributed by atoms with Crippen molar-refractivity contribution in [1.29, 1.82) is 0 Å². The second-order valence-electron chi connectivity index (χ2n) is 8.82. The smallest absolute Gasteiger partial charge is 0.201 e. The van der Waals surface area contributed by atoms with Crippen LogP contribution in [0.25, 0.3) is 44.7 Å². The molecule has 0 atom stereocenters. The molecule has 1 saturated carbocycles. The number of pyridine rings is 1. The van der Waals surface area contributed by atoms with Crippen LogP contribution < -0.4 is 11.2 Å². The van der Waals surface area contributed by atoms with Crippen LogP contribution in [0.1, 0.15) is 30.7 Å². The zero-order valence-electron chi connectivity index (χ0n) is 18.7. The van der Waals surface area contributed by atoms with Gasteiger partial charge in [0.15, 0.2) is 5.58 Å². The third-order valence-corrected chi connectivity index (χ3v) is 6.76. The maximum absolute atomic E-state index is 14.4. The summed E-state index contributed by atoms with van der Waals surface area (Å²) in [7, 11) is 0. The molecule has 0 unspecified atom stereocenters. The molecule has 0 radical (unpaired) electrons. The summed E-state index contributed by atoms with van der Waals surface area (Å²) in [6.07, 6.45) is 3.14. The van der Waals surface area contributed by atoms with E-state index in [4.69, 9.17) is 15.1 Å². The van der Waals surface area contributed by atoms with Crippen LogP contribution in [0.4, 0.5) is 5.82 Å². The van der Waals surface area contributed by atoms with E-state index in [9.17, 15) is 4.79 Å². The standard InChI is InChI=1S/C30H24N2O2/c31-30-23(19-17-10-18-19)25-27(33)24(20-11-4-1-5-12-20)28(22-15-8-3-9-16-22)34-29(25)26(32-30)21-13-6-2-7-14-21/h1-9,11-16,19H,10,17-18H2,(H2,31,32). The second kappa shape index (κ2) is 8.31. The van der Waals surface area contributed by atoms with Crippen molar-refractivity contribution >= 4 is 16.8 Å². The van der Waals surface area contributed by atoms with Crippen molar-refractivity contribution in [3.8, 4) is 33.7 Å². The molecule has 0 saturated heterocycles. The molecule has 6 rings (SSSR count). The van der Waals surface area contributed by atoms with E-state index in [-0.39, 0.29) is 11.3 Å². The summed E-state index contributed by atoms with van der Waals surface area (Å²) >= 11 is 0. The lowest BCUT2D eigenvalue weighted by Gasteiger charge is -2.28. The van der Waals surface area contributed by atoms with Crippen LogP contribution in [0.15, 0.2) is 100 Å². The monoisotopic (exact) mass is 444 g/mol. The maximum atomic E-state index is 14.4. The highest BCUT2D eigenvalue weighted by atomic mass is 16.3. The Kier molecular flexibility index (Phi) is 4.99. The fourth-order valence-electron chi connectivity index (χ4n) is 4.87. The molecule has 4 heteroatoms. The molecule has 4 nitrogen and oxygen atoms in total. The van der Waals surface area contributed by atoms with Crippen LogP contribution in [0.5, 0.6) is 0 Å². The Morgan fingerprint density at radius 3 is 1.88 bits per heavy atom. The Morgan fingerprint density at radius 2 is 1.32 bits per heavy atom. The van der Waals surface area contributed by atoms with E-state index in [1.54, 1.807) is 0 Å². The highest BCUT2D eigenvalue weighted by Crippen LogP contribution is 2.45. The number of anilines is 1. The number of fused-ring (bicyclic) bond motifs is 1. The van der Waals surface area contributed by atoms with Crippen molar-refractivity contribution in [2.45, 2.75) is 25.2 Å². The molecular weight excluding hydrogens is 420 g/mol. The lowest BCUT2D eigenvalue weighted by Crippen LogP contribution is -2.18. The number of nitrogen functional groups attached to an aromatic ring is 1. The van der Waals surface area contributed by atoms with Crippen LogP contribution in [0.3, 0.4) is 0 Å². The summed E-state index contributed by atoms with van der Waals surface area (Å²) in [5.74, 6) is 1.20. The molecular formula is C30H24N2O2. The Balaban J connectivity index is 1.79. The van der Waals surface area contributed by atoms with Crippen LogP contribution in [0.2, 0.25) is 0 Å². The molecule has 1 aliphatic rings. The van der Waals surface area contributed by atoms with E-state index in [1.165, 1.54) is 0 Å². The zero-order valence-corrected chi connectivity index (χ0v) is 18.7. The zero-order chi connectivity index (χ0) is 23.1. The van der Waals surface area contributed by atoms with Crippen molar-refractivity contribution in [2.24, 2.45) is 0 Å². The first-order chi connectivity index (χ1) is 16.7. The lowest BCUT2D eigenvalue weighted by atomic mass is 9.78. The molecule has 34 heavy (non-hydrogen) atoms. The van der Waals surface area contributed by atoms with Gasteiger partial charge in [0.25, 0.3) is 0 Å². The first kappa shape index (κ1) is 20.4. The van der Waals surface area contributed by atoms with E-state index < -0.39 is 0 Å². The van der Waals surface area contributed by atoms with Crippen molar-refractivity contribution in [3.63, 3.8) is 0 Å². The quantitative estimate of drug-likeness (QED) is 0.323. The highest BCUT2D eigenvalue weighted by molar-refractivity contribution is 5.99. The molecule has 0 bridgehead atoms. The summed E-state index contributed by atoms with van der Waals surface area (Å²) in [6.45, 7) is 0. The van der Waals surface area contributed by atoms with Gasteiger partial charge in [-0.3, -0.25) is 4.79 Å². The van der Waals surface area contributed by atoms with Gasteiger partial charge < -0.3 is 10.2 Å². The molecule has 2 aromatic heterocycles. The molecule has 0 aliphatic heterocycles. The third kappa shape index (κ3) is 3.30. The minimum atomic E-state index is -0.0560. The van der Waals surface area contributed by atoms with E-state index in [2.05, 4.69) is 0 Å². The van der Waals surface area contributed by atoms with Gasteiger partial charge in [-0.1, -0.05) is 97.4 Å². The van der Waals surface area contributed by atoms with Gasteiger partial charge in [-0.15, -0.1) is 0 Å². The summed E-state index contributed by atoms with van der Waals surface area (Å²) < 4.78 is 6.70. The molecule has 5 aromatic rings. The summed E-state index contributed by atoms with van der Waals surface area (Å²) in [4.78, 5) is 19.2. The van der Waals surface area contributed by atoms with Crippen LogP contribution in [-0.2, 0) is 0 Å². The van der Waals surface area contributed by atoms with Gasteiger partial charge in [0.05, 0.1) is 10.9 Å². The number of nitrogens with two attached hydrogens (primary N) is 1. The fourth-order valence-corrected chi connectivity index (χ4v) is 4.87. The van der Waals surface area contributed by atoms with Gasteiger partial charge >= 0.3 is 0 Å². The van der Waals surface area contributed by atoms with Gasteiger partial charge in [-0.2, -0.15) is 0 Å². The van der Waals surface area contributed by atoms with Gasteiger partial charge in [0.1, 0.15) is 17.3 Å². The SMILES string of the molecule is Nc1nc(-c2ccccc2)c2oc(-c3ccccc3)c(-c3ccccc3)c(=O)c2c1C1CCC1. The Morgan fingerprint density at radius 1 is 0.765 bits per heavy atom. The van der Waals surface area contributed by atoms with Gasteiger partial charge in [-0.05, 0) is 24.3 Å². The number of hydrogen-bond donors (Lipinski definition) is 1. The topological polar surface area (TPSA) is 69.1 Å². The predicted molar refractivity (Wildman–Crippen MR) is 138 cm³/mol. The number of nitrogens with zero attached hydrogens (tertiary/aromatic N) is 1. The second-order valence-corrected chi connectivity index (χ2v) is 8.82. The first-order valence-electron chi connectivity index (χ1n) is 11.7. The minimum Gasteiger partial charge on any atom is -0.453 e. The Bertz CT molecular complexity index is 1540. The molecule has 0 amide bonds. The molecule has 2 N–H and O–H groups in total. The number of rotatable bonds is 4. The van der Waals surface area contributed by atoms with E-state index in [0.29, 0.717) is 33.8 Å². The first-order valence-corrected chi connectivity index (χ1v) is 11.7. The van der Waals surface area contributed by atoms with E-state index in [0.717, 1.165) is 41.5 Å². The third-order valence-electron chi connectivity index (χ3n) is 6.76. The Hall–Kier alpha value is -4.18. The van der Waals surface area contributed by atoms with E-state index >= 15 is 0 Å². The number of benzene rings is 3. The number of hydrogen-bond acceptors (Lipinski definition) is 4. The summed E-state index contributed by atoms with van der Waals surface area (Å²) in [5.41, 5.74) is 11.5. The normalized spacial score (nSPS) is 13.6. The molecule has 2 heterocycles. The van der Waals surface area contributed by atoms with Crippen molar-refractivity contribution in [2.75, 3.05) is 5.73 Å². The average molecular weight is 445 g/mol. The van der Waals surface area contributed by atoms with Gasteiger partial charge in [0.2, 0.25) is 5.43 Å². The van der Waals surface area contributed by atoms with Crippen LogP contribution in [-0.4, -0.2) is 4.98 Å². The average Bonchev–Trinajstić information content (AvgIpc) is 2.86. The molecule has 1 aliphatic carbocycles. The molecule has 3 aromatic carbocycles. The summed E-state index contributed by atoms with van der Waals surface area (Å²) in [5, 5.41) is 0.564. The summed E-state index contributed by atoms with van der Waals surface area (Å²) in [6, 6.07) is 29.3. The molecule has 1 fully saturated rings. The molecule has 166 valence electrons. The predicted octanol–water partition coefficient (Wildman–Crippen LogP) is 7.04. The van der Waals surface area contributed by atoms with Gasteiger partial charge in [0, 0.05) is 16.7 Å². The van der Waals surface area contributed by atoms with Crippen LogP contribution >= 0.6 is 0 Å². The largest absolute Gasteiger partial charge is 0.453 e. The lowest BCUT2D eigenvalue weighted by molar-refractivity contribution is 0.422. The van der Waals surface area contributed by atoms with Crippen molar-refractivity contribution in [1.82, 2.24) is 4.98 Å². The number of aromatic nitrogens is 1. The van der Waals surface area contributed by atoms with Crippen LogP contribution in [0, 0.1) is 0 Å².